The second kappa shape index (κ2) is 6.91. The molecule has 1 aliphatic heterocycles. The first kappa shape index (κ1) is 14.3. The molecule has 0 radical (unpaired) electrons. The molecule has 0 amide bonds. The lowest BCUT2D eigenvalue weighted by Crippen LogP contribution is -2.35. The van der Waals surface area contributed by atoms with Crippen LogP contribution in [0, 0.1) is 12.8 Å². The van der Waals surface area contributed by atoms with E-state index in [9.17, 15) is 0 Å². The van der Waals surface area contributed by atoms with E-state index in [0.717, 1.165) is 37.3 Å². The number of hydrogen-bond acceptors (Lipinski definition) is 4. The van der Waals surface area contributed by atoms with Crippen molar-refractivity contribution in [2.24, 2.45) is 5.92 Å². The van der Waals surface area contributed by atoms with Crippen LogP contribution in [0.15, 0.2) is 6.20 Å². The first-order chi connectivity index (χ1) is 9.19. The van der Waals surface area contributed by atoms with Gasteiger partial charge in [0.05, 0.1) is 12.3 Å². The van der Waals surface area contributed by atoms with Gasteiger partial charge in [-0.05, 0) is 39.3 Å². The van der Waals surface area contributed by atoms with Gasteiger partial charge in [-0.25, -0.2) is 4.98 Å². The van der Waals surface area contributed by atoms with Crippen molar-refractivity contribution >= 4 is 5.95 Å². The molecule has 1 saturated heterocycles. The summed E-state index contributed by atoms with van der Waals surface area (Å²) in [6.07, 6.45) is 4.70. The smallest absolute Gasteiger partial charge is 0.203 e. The molecule has 1 aromatic heterocycles. The van der Waals surface area contributed by atoms with Gasteiger partial charge in [0, 0.05) is 32.9 Å². The molecule has 1 N–H and O–H groups in total. The van der Waals surface area contributed by atoms with Crippen molar-refractivity contribution in [1.82, 2.24) is 14.5 Å². The first-order valence-corrected chi connectivity index (χ1v) is 7.14. The molecule has 0 saturated carbocycles. The lowest BCUT2D eigenvalue weighted by molar-refractivity contribution is 0.187. The predicted octanol–water partition coefficient (Wildman–Crippen LogP) is 1.59. The molecule has 0 spiro atoms. The Morgan fingerprint density at radius 1 is 1.53 bits per heavy atom. The fourth-order valence-corrected chi connectivity index (χ4v) is 2.72. The summed E-state index contributed by atoms with van der Waals surface area (Å²) in [6.45, 7) is 7.03. The van der Waals surface area contributed by atoms with Gasteiger partial charge < -0.3 is 19.5 Å². The molecule has 5 nitrogen and oxygen atoms in total. The molecule has 1 aliphatic rings. The summed E-state index contributed by atoms with van der Waals surface area (Å²) in [6, 6.07) is 0. The van der Waals surface area contributed by atoms with Crippen LogP contribution in [0.2, 0.25) is 0 Å². The molecular formula is C14H26N4O. The molecule has 1 fully saturated rings. The number of hydrogen-bond donors (Lipinski definition) is 1. The Balaban J connectivity index is 1.87. The van der Waals surface area contributed by atoms with Crippen molar-refractivity contribution in [3.63, 3.8) is 0 Å². The number of nitrogens with one attached hydrogen (secondary N) is 1. The van der Waals surface area contributed by atoms with Crippen molar-refractivity contribution in [1.29, 1.82) is 0 Å². The predicted molar refractivity (Wildman–Crippen MR) is 77.6 cm³/mol. The Bertz CT molecular complexity index is 391. The van der Waals surface area contributed by atoms with Gasteiger partial charge in [0.1, 0.15) is 0 Å². The van der Waals surface area contributed by atoms with E-state index < -0.39 is 0 Å². The molecule has 2 rings (SSSR count). The topological polar surface area (TPSA) is 42.3 Å². The van der Waals surface area contributed by atoms with Crippen LogP contribution in [0.25, 0.3) is 0 Å². The third-order valence-electron chi connectivity index (χ3n) is 3.70. The summed E-state index contributed by atoms with van der Waals surface area (Å²) < 4.78 is 7.28. The van der Waals surface area contributed by atoms with E-state index in [-0.39, 0.29) is 0 Å². The number of nitrogens with zero attached hydrogens (tertiary/aromatic N) is 3. The molecule has 0 aliphatic carbocycles. The lowest BCUT2D eigenvalue weighted by Gasteiger charge is -2.29. The highest BCUT2D eigenvalue weighted by Crippen LogP contribution is 2.16. The maximum absolute atomic E-state index is 5.14. The third kappa shape index (κ3) is 4.21. The second-order valence-corrected chi connectivity index (χ2v) is 5.54. The molecular weight excluding hydrogens is 240 g/mol. The van der Waals surface area contributed by atoms with Gasteiger partial charge in [-0.15, -0.1) is 0 Å². The molecule has 1 aromatic rings. The van der Waals surface area contributed by atoms with Crippen LogP contribution in [0.1, 0.15) is 18.5 Å². The van der Waals surface area contributed by atoms with E-state index in [1.165, 1.54) is 25.9 Å². The zero-order valence-electron chi connectivity index (χ0n) is 12.4. The van der Waals surface area contributed by atoms with E-state index in [1.54, 1.807) is 7.11 Å². The van der Waals surface area contributed by atoms with E-state index in [4.69, 9.17) is 4.74 Å². The number of aryl methyl sites for hydroxylation is 1. The summed E-state index contributed by atoms with van der Waals surface area (Å²) in [5.41, 5.74) is 1.05. The average Bonchev–Trinajstić information content (AvgIpc) is 2.74. The maximum atomic E-state index is 5.14. The molecule has 2 heterocycles. The van der Waals surface area contributed by atoms with Crippen LogP contribution in [0.4, 0.5) is 5.95 Å². The zero-order chi connectivity index (χ0) is 13.7. The second-order valence-electron chi connectivity index (χ2n) is 5.54. The molecule has 0 aromatic carbocycles. The zero-order valence-corrected chi connectivity index (χ0v) is 12.4. The first-order valence-electron chi connectivity index (χ1n) is 7.14. The van der Waals surface area contributed by atoms with Gasteiger partial charge in [0.15, 0.2) is 0 Å². The van der Waals surface area contributed by atoms with Crippen LogP contribution in [-0.4, -0.2) is 54.8 Å². The van der Waals surface area contributed by atoms with Crippen molar-refractivity contribution < 1.29 is 4.74 Å². The van der Waals surface area contributed by atoms with Gasteiger partial charge in [-0.2, -0.15) is 0 Å². The van der Waals surface area contributed by atoms with Gasteiger partial charge in [0.25, 0.3) is 0 Å². The number of ether oxygens (including phenoxy) is 1. The largest absolute Gasteiger partial charge is 0.383 e. The third-order valence-corrected chi connectivity index (χ3v) is 3.70. The summed E-state index contributed by atoms with van der Waals surface area (Å²) in [4.78, 5) is 6.96. The minimum Gasteiger partial charge on any atom is -0.383 e. The summed E-state index contributed by atoms with van der Waals surface area (Å²) in [7, 11) is 3.94. The number of anilines is 1. The van der Waals surface area contributed by atoms with E-state index >= 15 is 0 Å². The Labute approximate surface area is 116 Å². The number of methoxy groups -OCH3 is 1. The quantitative estimate of drug-likeness (QED) is 0.849. The maximum Gasteiger partial charge on any atom is 0.203 e. The molecule has 1 unspecified atom stereocenters. The number of piperidine rings is 1. The van der Waals surface area contributed by atoms with E-state index in [2.05, 4.69) is 33.0 Å². The van der Waals surface area contributed by atoms with Gasteiger partial charge in [-0.1, -0.05) is 0 Å². The average molecular weight is 266 g/mol. The van der Waals surface area contributed by atoms with Crippen LogP contribution in [0.5, 0.6) is 0 Å². The lowest BCUT2D eigenvalue weighted by atomic mass is 9.99. The normalized spacial score (nSPS) is 20.7. The highest BCUT2D eigenvalue weighted by molar-refractivity contribution is 5.28. The summed E-state index contributed by atoms with van der Waals surface area (Å²) in [5, 5.41) is 3.50. The fourth-order valence-electron chi connectivity index (χ4n) is 2.72. The summed E-state index contributed by atoms with van der Waals surface area (Å²) in [5.74, 6) is 1.70. The minimum atomic E-state index is 0.719. The number of aromatic nitrogens is 2. The van der Waals surface area contributed by atoms with E-state index in [0.29, 0.717) is 0 Å². The number of likely N-dealkylation sites (tertiary alicyclic amines) is 1. The Kier molecular flexibility index (Phi) is 5.22. The number of rotatable bonds is 6. The van der Waals surface area contributed by atoms with Crippen molar-refractivity contribution in [3.8, 4) is 0 Å². The highest BCUT2D eigenvalue weighted by atomic mass is 16.5. The fraction of sp³-hybridized carbons (Fsp3) is 0.786. The van der Waals surface area contributed by atoms with Crippen LogP contribution in [-0.2, 0) is 11.3 Å². The molecule has 19 heavy (non-hydrogen) atoms. The van der Waals surface area contributed by atoms with Gasteiger partial charge in [0.2, 0.25) is 5.95 Å². The molecule has 1 atom stereocenters. The minimum absolute atomic E-state index is 0.719. The Morgan fingerprint density at radius 3 is 3.11 bits per heavy atom. The van der Waals surface area contributed by atoms with Crippen LogP contribution >= 0.6 is 0 Å². The molecule has 5 heteroatoms. The number of imidazole rings is 1. The summed E-state index contributed by atoms with van der Waals surface area (Å²) >= 11 is 0. The molecule has 0 bridgehead atoms. The van der Waals surface area contributed by atoms with Gasteiger partial charge in [-0.3, -0.25) is 0 Å². The Hall–Kier alpha value is -1.07. The SMILES string of the molecule is COCCn1cc(C)nc1NCC1CCCN(C)C1. The van der Waals surface area contributed by atoms with Crippen molar-refractivity contribution in [3.05, 3.63) is 11.9 Å². The van der Waals surface area contributed by atoms with Crippen LogP contribution < -0.4 is 5.32 Å². The van der Waals surface area contributed by atoms with Crippen molar-refractivity contribution in [2.45, 2.75) is 26.3 Å². The van der Waals surface area contributed by atoms with Gasteiger partial charge >= 0.3 is 0 Å². The monoisotopic (exact) mass is 266 g/mol. The standard InChI is InChI=1S/C14H26N4O/c1-12-10-18(7-8-19-3)14(16-12)15-9-13-5-4-6-17(2)11-13/h10,13H,4-9,11H2,1-3H3,(H,15,16). The molecule has 108 valence electrons. The highest BCUT2D eigenvalue weighted by Gasteiger charge is 2.17. The van der Waals surface area contributed by atoms with Crippen molar-refractivity contribution in [2.75, 3.05) is 45.7 Å². The van der Waals surface area contributed by atoms with E-state index in [1.807, 2.05) is 6.92 Å². The Morgan fingerprint density at radius 2 is 2.37 bits per heavy atom. The van der Waals surface area contributed by atoms with Crippen LogP contribution in [0.3, 0.4) is 0 Å².